The number of aliphatic hydroxyl groups excluding tert-OH is 2. The van der Waals surface area contributed by atoms with E-state index in [-0.39, 0.29) is 13.2 Å². The third-order valence-corrected chi connectivity index (χ3v) is 6.24. The molecule has 1 aliphatic heterocycles. The zero-order valence-electron chi connectivity index (χ0n) is 20.3. The van der Waals surface area contributed by atoms with Crippen molar-refractivity contribution in [2.45, 2.75) is 56.4 Å². The van der Waals surface area contributed by atoms with Crippen molar-refractivity contribution in [3.8, 4) is 0 Å². The Labute approximate surface area is 212 Å². The molecule has 36 heavy (non-hydrogen) atoms. The highest BCUT2D eigenvalue weighted by atomic mass is 16.6. The molecule has 1 aliphatic rings. The van der Waals surface area contributed by atoms with Gasteiger partial charge in [0.2, 0.25) is 0 Å². The van der Waals surface area contributed by atoms with Crippen molar-refractivity contribution in [1.29, 1.82) is 0 Å². The van der Waals surface area contributed by atoms with E-state index in [1.165, 1.54) is 6.08 Å². The summed E-state index contributed by atoms with van der Waals surface area (Å²) >= 11 is 0. The Hall–Kier alpha value is -2.84. The highest BCUT2D eigenvalue weighted by Crippen LogP contribution is 2.30. The summed E-state index contributed by atoms with van der Waals surface area (Å²) in [5, 5.41) is 21.7. The topological polar surface area (TPSA) is 77.4 Å². The first-order valence-electron chi connectivity index (χ1n) is 12.2. The van der Waals surface area contributed by atoms with Gasteiger partial charge in [-0.1, -0.05) is 97.1 Å². The maximum atomic E-state index is 11.2. The van der Waals surface area contributed by atoms with Crippen LogP contribution in [0, 0.1) is 0 Å². The first kappa shape index (κ1) is 26.2. The van der Waals surface area contributed by atoms with Gasteiger partial charge in [0, 0.05) is 0 Å². The molecule has 190 valence electrons. The van der Waals surface area contributed by atoms with Gasteiger partial charge in [0.05, 0.1) is 26.4 Å². The van der Waals surface area contributed by atoms with Crippen LogP contribution in [-0.2, 0) is 38.8 Å². The number of ether oxygens (including phenoxy) is 4. The predicted molar refractivity (Wildman–Crippen MR) is 137 cm³/mol. The number of hydrogen-bond acceptors (Lipinski definition) is 6. The molecule has 1 heterocycles. The van der Waals surface area contributed by atoms with Crippen molar-refractivity contribution in [2.24, 2.45) is 0 Å². The number of aliphatic hydroxyl groups is 2. The van der Waals surface area contributed by atoms with Crippen LogP contribution < -0.4 is 0 Å². The first-order chi connectivity index (χ1) is 17.7. The molecule has 6 nitrogen and oxygen atoms in total. The Bertz CT molecular complexity index is 1030. The van der Waals surface area contributed by atoms with E-state index in [0.717, 1.165) is 16.7 Å². The molecule has 1 saturated heterocycles. The molecular formula is C30H34O6. The predicted octanol–water partition coefficient (Wildman–Crippen LogP) is 4.05. The van der Waals surface area contributed by atoms with Crippen molar-refractivity contribution >= 4 is 0 Å². The lowest BCUT2D eigenvalue weighted by Crippen LogP contribution is -2.62. The standard InChI is InChI=1S/C30H34O6/c1-2-25(31)28-27(32)30(35-20-24-16-10-5-11-17-24)29(34-19-23-14-8-4-9-15-23)26(36-28)21-33-18-22-12-6-3-7-13-22/h2-17,25-32H,1,18-21H2/t25-,26-,27-,28+,29-,30-/m1/s1. The van der Waals surface area contributed by atoms with Gasteiger partial charge in [-0.15, -0.1) is 6.58 Å². The molecule has 6 atom stereocenters. The number of benzene rings is 3. The molecule has 0 spiro atoms. The summed E-state index contributed by atoms with van der Waals surface area (Å²) in [5.74, 6) is 0. The van der Waals surface area contributed by atoms with Gasteiger partial charge in [-0.2, -0.15) is 0 Å². The Morgan fingerprint density at radius 3 is 1.72 bits per heavy atom. The van der Waals surface area contributed by atoms with Crippen LogP contribution in [0.1, 0.15) is 16.7 Å². The van der Waals surface area contributed by atoms with Gasteiger partial charge >= 0.3 is 0 Å². The second-order valence-electron chi connectivity index (χ2n) is 8.88. The molecule has 0 bridgehead atoms. The van der Waals surface area contributed by atoms with Gasteiger partial charge < -0.3 is 29.2 Å². The summed E-state index contributed by atoms with van der Waals surface area (Å²) in [4.78, 5) is 0. The van der Waals surface area contributed by atoms with Gasteiger partial charge in [0.25, 0.3) is 0 Å². The average Bonchev–Trinajstić information content (AvgIpc) is 2.93. The minimum absolute atomic E-state index is 0.201. The fraction of sp³-hybridized carbons (Fsp3) is 0.333. The van der Waals surface area contributed by atoms with Crippen LogP contribution in [0.3, 0.4) is 0 Å². The maximum absolute atomic E-state index is 11.2. The largest absolute Gasteiger partial charge is 0.387 e. The molecule has 0 aromatic heterocycles. The zero-order chi connectivity index (χ0) is 25.2. The van der Waals surface area contributed by atoms with E-state index >= 15 is 0 Å². The van der Waals surface area contributed by atoms with Crippen LogP contribution in [0.25, 0.3) is 0 Å². The van der Waals surface area contributed by atoms with Crippen LogP contribution in [0.15, 0.2) is 104 Å². The summed E-state index contributed by atoms with van der Waals surface area (Å²) in [6, 6.07) is 29.4. The van der Waals surface area contributed by atoms with Crippen molar-refractivity contribution in [3.05, 3.63) is 120 Å². The molecule has 0 aliphatic carbocycles. The van der Waals surface area contributed by atoms with Crippen LogP contribution in [-0.4, -0.2) is 53.4 Å². The summed E-state index contributed by atoms with van der Waals surface area (Å²) in [5.41, 5.74) is 3.00. The third kappa shape index (κ3) is 7.11. The molecule has 4 rings (SSSR count). The molecule has 3 aromatic rings. The zero-order valence-corrected chi connectivity index (χ0v) is 20.3. The molecular weight excluding hydrogens is 456 g/mol. The average molecular weight is 491 g/mol. The second kappa shape index (κ2) is 13.5. The van der Waals surface area contributed by atoms with Gasteiger partial charge in [0.1, 0.15) is 36.6 Å². The second-order valence-corrected chi connectivity index (χ2v) is 8.88. The molecule has 0 saturated carbocycles. The highest BCUT2D eigenvalue weighted by Gasteiger charge is 2.48. The van der Waals surface area contributed by atoms with Gasteiger partial charge in [-0.25, -0.2) is 0 Å². The molecule has 6 heteroatoms. The van der Waals surface area contributed by atoms with E-state index in [1.54, 1.807) is 0 Å². The Morgan fingerprint density at radius 2 is 1.22 bits per heavy atom. The summed E-state index contributed by atoms with van der Waals surface area (Å²) in [6.07, 6.45) is -3.75. The van der Waals surface area contributed by atoms with Gasteiger partial charge in [-0.3, -0.25) is 0 Å². The van der Waals surface area contributed by atoms with Crippen molar-refractivity contribution in [1.82, 2.24) is 0 Å². The van der Waals surface area contributed by atoms with Gasteiger partial charge in [0.15, 0.2) is 0 Å². The highest BCUT2D eigenvalue weighted by molar-refractivity contribution is 5.15. The SMILES string of the molecule is C=C[C@@H](O)[C@@H]1O[C@H](COCc2ccccc2)[C@@H](OCc2ccccc2)[C@H](OCc2ccccc2)[C@@H]1O. The normalized spacial score (nSPS) is 24.8. The fourth-order valence-corrected chi connectivity index (χ4v) is 4.30. The number of rotatable bonds is 12. The minimum atomic E-state index is -1.13. The van der Waals surface area contributed by atoms with E-state index < -0.39 is 36.6 Å². The Balaban J connectivity index is 1.53. The maximum Gasteiger partial charge on any atom is 0.116 e. The Kier molecular flexibility index (Phi) is 9.81. The van der Waals surface area contributed by atoms with Gasteiger partial charge in [-0.05, 0) is 16.7 Å². The summed E-state index contributed by atoms with van der Waals surface area (Å²) in [6.45, 7) is 4.87. The number of hydrogen-bond donors (Lipinski definition) is 2. The lowest BCUT2D eigenvalue weighted by molar-refractivity contribution is -0.272. The first-order valence-corrected chi connectivity index (χ1v) is 12.2. The van der Waals surface area contributed by atoms with E-state index in [9.17, 15) is 10.2 Å². The van der Waals surface area contributed by atoms with Crippen LogP contribution >= 0.6 is 0 Å². The lowest BCUT2D eigenvalue weighted by Gasteiger charge is -2.45. The minimum Gasteiger partial charge on any atom is -0.387 e. The lowest BCUT2D eigenvalue weighted by atomic mass is 9.91. The quantitative estimate of drug-likeness (QED) is 0.373. The van der Waals surface area contributed by atoms with Crippen molar-refractivity contribution in [3.63, 3.8) is 0 Å². The van der Waals surface area contributed by atoms with E-state index in [1.807, 2.05) is 91.0 Å². The van der Waals surface area contributed by atoms with Crippen LogP contribution in [0.4, 0.5) is 0 Å². The van der Waals surface area contributed by atoms with E-state index in [2.05, 4.69) is 6.58 Å². The molecule has 0 radical (unpaired) electrons. The monoisotopic (exact) mass is 490 g/mol. The van der Waals surface area contributed by atoms with Crippen molar-refractivity contribution < 1.29 is 29.2 Å². The third-order valence-electron chi connectivity index (χ3n) is 6.24. The van der Waals surface area contributed by atoms with Crippen LogP contribution in [0.2, 0.25) is 0 Å². The Morgan fingerprint density at radius 1 is 0.750 bits per heavy atom. The summed E-state index contributed by atoms with van der Waals surface area (Å²) < 4.78 is 24.7. The molecule has 0 amide bonds. The molecule has 2 N–H and O–H groups in total. The van der Waals surface area contributed by atoms with E-state index in [4.69, 9.17) is 18.9 Å². The summed E-state index contributed by atoms with van der Waals surface area (Å²) in [7, 11) is 0. The van der Waals surface area contributed by atoms with E-state index in [0.29, 0.717) is 13.2 Å². The smallest absolute Gasteiger partial charge is 0.116 e. The molecule has 1 fully saturated rings. The molecule has 0 unspecified atom stereocenters. The fourth-order valence-electron chi connectivity index (χ4n) is 4.30. The van der Waals surface area contributed by atoms with Crippen molar-refractivity contribution in [2.75, 3.05) is 6.61 Å². The molecule has 3 aromatic carbocycles. The van der Waals surface area contributed by atoms with Crippen LogP contribution in [0.5, 0.6) is 0 Å².